The summed E-state index contributed by atoms with van der Waals surface area (Å²) < 4.78 is 5.20. The number of amidine groups is 1. The van der Waals surface area contributed by atoms with Crippen LogP contribution in [-0.4, -0.2) is 21.8 Å². The Balaban J connectivity index is 1.72. The summed E-state index contributed by atoms with van der Waals surface area (Å²) in [5.74, 6) is 0.899. The van der Waals surface area contributed by atoms with Gasteiger partial charge in [-0.15, -0.1) is 0 Å². The number of anilines is 1. The molecular formula is C20H24N4O2S. The first-order chi connectivity index (χ1) is 12.8. The second-order valence-electron chi connectivity index (χ2n) is 8.19. The number of oxazole rings is 1. The van der Waals surface area contributed by atoms with Gasteiger partial charge in [0.25, 0.3) is 5.91 Å². The first kappa shape index (κ1) is 18.1. The maximum atomic E-state index is 12.5. The predicted octanol–water partition coefficient (Wildman–Crippen LogP) is 3.85. The average Bonchev–Trinajstić information content (AvgIpc) is 3.01. The van der Waals surface area contributed by atoms with Crippen molar-refractivity contribution < 1.29 is 9.21 Å². The van der Waals surface area contributed by atoms with E-state index in [1.54, 1.807) is 18.7 Å². The second kappa shape index (κ2) is 6.41. The summed E-state index contributed by atoms with van der Waals surface area (Å²) in [5, 5.41) is 3.58. The average molecular weight is 385 g/mol. The molecule has 1 aromatic carbocycles. The van der Waals surface area contributed by atoms with Crippen LogP contribution in [-0.2, 0) is 12.0 Å². The van der Waals surface area contributed by atoms with Gasteiger partial charge in [0, 0.05) is 11.4 Å². The Bertz CT molecular complexity index is 934. The zero-order chi connectivity index (χ0) is 19.2. The quantitative estimate of drug-likeness (QED) is 0.820. The van der Waals surface area contributed by atoms with Gasteiger partial charge in [0.15, 0.2) is 11.6 Å². The Labute approximate surface area is 163 Å². The van der Waals surface area contributed by atoms with Crippen LogP contribution in [0.15, 0.2) is 34.0 Å². The van der Waals surface area contributed by atoms with Gasteiger partial charge in [-0.2, -0.15) is 0 Å². The third-order valence-corrected chi connectivity index (χ3v) is 6.15. The monoisotopic (exact) mass is 384 g/mol. The molecular weight excluding hydrogens is 360 g/mol. The van der Waals surface area contributed by atoms with Crippen LogP contribution in [0.4, 0.5) is 5.69 Å². The van der Waals surface area contributed by atoms with Crippen LogP contribution < -0.4 is 11.1 Å². The Hall–Kier alpha value is -2.28. The normalized spacial score (nSPS) is 23.6. The smallest absolute Gasteiger partial charge is 0.293 e. The molecule has 1 amide bonds. The van der Waals surface area contributed by atoms with Crippen LogP contribution in [0.25, 0.3) is 0 Å². The Kier molecular flexibility index (Phi) is 4.29. The van der Waals surface area contributed by atoms with Gasteiger partial charge in [0.1, 0.15) is 0 Å². The van der Waals surface area contributed by atoms with Crippen molar-refractivity contribution in [3.05, 3.63) is 47.2 Å². The Morgan fingerprint density at radius 3 is 2.89 bits per heavy atom. The topological polar surface area (TPSA) is 93.5 Å². The first-order valence-corrected chi connectivity index (χ1v) is 10.1. The number of aryl methyl sites for hydroxylation is 1. The van der Waals surface area contributed by atoms with Crippen molar-refractivity contribution in [3.63, 3.8) is 0 Å². The number of nitrogens with two attached hydrogens (primary N) is 1. The van der Waals surface area contributed by atoms with Crippen LogP contribution >= 0.6 is 11.8 Å². The number of nitrogens with one attached hydrogen (secondary N) is 1. The molecule has 27 heavy (non-hydrogen) atoms. The molecule has 2 aromatic rings. The van der Waals surface area contributed by atoms with Crippen molar-refractivity contribution in [1.29, 1.82) is 0 Å². The molecule has 2 heterocycles. The van der Waals surface area contributed by atoms with Crippen molar-refractivity contribution in [2.75, 3.05) is 11.1 Å². The van der Waals surface area contributed by atoms with E-state index in [2.05, 4.69) is 36.3 Å². The van der Waals surface area contributed by atoms with Gasteiger partial charge in [-0.05, 0) is 54.9 Å². The molecule has 1 aliphatic heterocycles. The number of fused-ring (bicyclic) bond motifs is 2. The molecule has 0 radical (unpaired) electrons. The van der Waals surface area contributed by atoms with Crippen molar-refractivity contribution in [2.45, 2.75) is 45.6 Å². The molecule has 0 saturated heterocycles. The van der Waals surface area contributed by atoms with Crippen LogP contribution in [0.3, 0.4) is 0 Å². The Morgan fingerprint density at radius 2 is 2.19 bits per heavy atom. The van der Waals surface area contributed by atoms with Gasteiger partial charge < -0.3 is 15.5 Å². The fraction of sp³-hybridized carbons (Fsp3) is 0.450. The van der Waals surface area contributed by atoms with Gasteiger partial charge in [0.2, 0.25) is 5.76 Å². The van der Waals surface area contributed by atoms with E-state index in [0.717, 1.165) is 30.7 Å². The van der Waals surface area contributed by atoms with E-state index in [0.29, 0.717) is 10.9 Å². The third kappa shape index (κ3) is 3.36. The lowest BCUT2D eigenvalue weighted by Crippen LogP contribution is -2.41. The fourth-order valence-corrected chi connectivity index (χ4v) is 5.25. The lowest BCUT2D eigenvalue weighted by atomic mass is 9.64. The lowest BCUT2D eigenvalue weighted by Gasteiger charge is -2.45. The van der Waals surface area contributed by atoms with Crippen LogP contribution in [0, 0.1) is 12.3 Å². The number of nitrogens with zero attached hydrogens (tertiary/aromatic N) is 2. The van der Waals surface area contributed by atoms with Crippen molar-refractivity contribution in [3.8, 4) is 0 Å². The minimum absolute atomic E-state index is 0.153. The SMILES string of the molecule is Cc1ncoc1C(=O)Nc1ccc2c(c1)C1(CCSC(N)=N1)CC(C)(C)C2. The zero-order valence-electron chi connectivity index (χ0n) is 15.8. The van der Waals surface area contributed by atoms with E-state index in [1.165, 1.54) is 17.5 Å². The first-order valence-electron chi connectivity index (χ1n) is 9.11. The second-order valence-corrected chi connectivity index (χ2v) is 9.31. The molecule has 0 fully saturated rings. The van der Waals surface area contributed by atoms with Crippen LogP contribution in [0.2, 0.25) is 0 Å². The van der Waals surface area contributed by atoms with E-state index in [4.69, 9.17) is 15.1 Å². The van der Waals surface area contributed by atoms with Gasteiger partial charge in [-0.3, -0.25) is 9.79 Å². The fourth-order valence-electron chi connectivity index (χ4n) is 4.36. The standard InChI is InChI=1S/C20H24N4O2S/c1-12-16(26-11-22-12)17(25)23-14-5-4-13-9-19(2,3)10-20(15(13)8-14)6-7-27-18(21)24-20/h4-5,8,11H,6-7,9-10H2,1-3H3,(H2,21,24)(H,23,25). The zero-order valence-corrected chi connectivity index (χ0v) is 16.7. The number of thioether (sulfide) groups is 1. The largest absolute Gasteiger partial charge is 0.438 e. The summed E-state index contributed by atoms with van der Waals surface area (Å²) in [5.41, 5.74) is 9.72. The highest BCUT2D eigenvalue weighted by Crippen LogP contribution is 2.51. The third-order valence-electron chi connectivity index (χ3n) is 5.35. The van der Waals surface area contributed by atoms with E-state index in [-0.39, 0.29) is 22.6 Å². The number of carbonyl (C=O) groups is 1. The molecule has 2 aliphatic rings. The molecule has 3 N–H and O–H groups in total. The van der Waals surface area contributed by atoms with Gasteiger partial charge in [-0.1, -0.05) is 31.7 Å². The maximum Gasteiger partial charge on any atom is 0.293 e. The summed E-state index contributed by atoms with van der Waals surface area (Å²) in [6.07, 6.45) is 4.17. The molecule has 0 bridgehead atoms. The van der Waals surface area contributed by atoms with Crippen molar-refractivity contribution in [2.24, 2.45) is 16.1 Å². The molecule has 1 aromatic heterocycles. The number of hydrogen-bond acceptors (Lipinski definition) is 6. The van der Waals surface area contributed by atoms with Gasteiger partial charge in [-0.25, -0.2) is 4.98 Å². The maximum absolute atomic E-state index is 12.5. The number of amides is 1. The molecule has 1 aliphatic carbocycles. The Morgan fingerprint density at radius 1 is 1.37 bits per heavy atom. The highest BCUT2D eigenvalue weighted by molar-refractivity contribution is 8.13. The molecule has 7 heteroatoms. The summed E-state index contributed by atoms with van der Waals surface area (Å²) in [4.78, 5) is 21.4. The molecule has 4 rings (SSSR count). The minimum Gasteiger partial charge on any atom is -0.438 e. The minimum atomic E-state index is -0.310. The van der Waals surface area contributed by atoms with Crippen molar-refractivity contribution in [1.82, 2.24) is 4.98 Å². The van der Waals surface area contributed by atoms with Crippen LogP contribution in [0.1, 0.15) is 54.1 Å². The number of hydrogen-bond donors (Lipinski definition) is 2. The molecule has 1 atom stereocenters. The van der Waals surface area contributed by atoms with Gasteiger partial charge in [0.05, 0.1) is 11.2 Å². The summed E-state index contributed by atoms with van der Waals surface area (Å²) in [6, 6.07) is 6.11. The summed E-state index contributed by atoms with van der Waals surface area (Å²) in [7, 11) is 0. The highest BCUT2D eigenvalue weighted by Gasteiger charge is 2.45. The predicted molar refractivity (Wildman–Crippen MR) is 108 cm³/mol. The van der Waals surface area contributed by atoms with E-state index < -0.39 is 0 Å². The van der Waals surface area contributed by atoms with Crippen LogP contribution in [0.5, 0.6) is 0 Å². The van der Waals surface area contributed by atoms with E-state index in [1.807, 2.05) is 6.07 Å². The summed E-state index contributed by atoms with van der Waals surface area (Å²) >= 11 is 1.61. The highest BCUT2D eigenvalue weighted by atomic mass is 32.2. The number of carbonyl (C=O) groups excluding carboxylic acids is 1. The van der Waals surface area contributed by atoms with Gasteiger partial charge >= 0.3 is 0 Å². The lowest BCUT2D eigenvalue weighted by molar-refractivity contribution is 0.0995. The number of aliphatic imine (C=N–C) groups is 1. The molecule has 6 nitrogen and oxygen atoms in total. The molecule has 1 spiro atoms. The van der Waals surface area contributed by atoms with E-state index in [9.17, 15) is 4.79 Å². The van der Waals surface area contributed by atoms with E-state index >= 15 is 0 Å². The molecule has 1 unspecified atom stereocenters. The number of aromatic nitrogens is 1. The number of benzene rings is 1. The molecule has 0 saturated carbocycles. The molecule has 142 valence electrons. The number of rotatable bonds is 2. The van der Waals surface area contributed by atoms with Crippen molar-refractivity contribution >= 4 is 28.5 Å². The summed E-state index contributed by atoms with van der Waals surface area (Å²) in [6.45, 7) is 6.32.